The maximum atomic E-state index is 12.3. The first-order valence-electron chi connectivity index (χ1n) is 6.19. The molecular weight excluding hydrogens is 250 g/mol. The zero-order valence-electron chi connectivity index (χ0n) is 10.6. The average Bonchev–Trinajstić information content (AvgIpc) is 2.29. The molecule has 1 unspecified atom stereocenters. The van der Waals surface area contributed by atoms with E-state index in [1.807, 2.05) is 0 Å². The van der Waals surface area contributed by atoms with Crippen LogP contribution in [0.15, 0.2) is 23.1 Å². The molecular formula is C13H19NO3S. The van der Waals surface area contributed by atoms with Gasteiger partial charge in [0.05, 0.1) is 16.8 Å². The summed E-state index contributed by atoms with van der Waals surface area (Å²) in [5.41, 5.74) is 6.92. The third-order valence-electron chi connectivity index (χ3n) is 3.21. The Morgan fingerprint density at radius 1 is 1.39 bits per heavy atom. The minimum Gasteiger partial charge on any atom is -0.399 e. The fraction of sp³-hybridized carbons (Fsp3) is 0.538. The maximum absolute atomic E-state index is 12.3. The molecule has 1 aromatic rings. The van der Waals surface area contributed by atoms with Crippen molar-refractivity contribution in [3.63, 3.8) is 0 Å². The number of hydrogen-bond acceptors (Lipinski definition) is 4. The lowest BCUT2D eigenvalue weighted by Gasteiger charge is -2.22. The first-order valence-corrected chi connectivity index (χ1v) is 7.85. The molecule has 0 spiro atoms. The summed E-state index contributed by atoms with van der Waals surface area (Å²) < 4.78 is 30.1. The highest BCUT2D eigenvalue weighted by molar-refractivity contribution is 7.91. The molecule has 2 N–H and O–H groups in total. The lowest BCUT2D eigenvalue weighted by atomic mass is 10.1. The second-order valence-electron chi connectivity index (χ2n) is 4.79. The molecule has 18 heavy (non-hydrogen) atoms. The fourth-order valence-corrected chi connectivity index (χ4v) is 4.05. The van der Waals surface area contributed by atoms with Gasteiger partial charge in [-0.25, -0.2) is 8.42 Å². The molecule has 5 heteroatoms. The Kier molecular flexibility index (Phi) is 3.92. The SMILES string of the molecule is Cc1cc(N)ccc1S(=O)(=O)CC1CCCCO1. The Morgan fingerprint density at radius 2 is 2.17 bits per heavy atom. The zero-order chi connectivity index (χ0) is 13.2. The van der Waals surface area contributed by atoms with Crippen molar-refractivity contribution in [1.29, 1.82) is 0 Å². The summed E-state index contributed by atoms with van der Waals surface area (Å²) in [6, 6.07) is 4.90. The van der Waals surface area contributed by atoms with Crippen LogP contribution in [0.1, 0.15) is 24.8 Å². The highest BCUT2D eigenvalue weighted by Crippen LogP contribution is 2.22. The van der Waals surface area contributed by atoms with Crippen LogP contribution >= 0.6 is 0 Å². The summed E-state index contributed by atoms with van der Waals surface area (Å²) in [7, 11) is -3.29. The van der Waals surface area contributed by atoms with Crippen LogP contribution in [0.25, 0.3) is 0 Å². The summed E-state index contributed by atoms with van der Waals surface area (Å²) >= 11 is 0. The van der Waals surface area contributed by atoms with Gasteiger partial charge in [-0.2, -0.15) is 0 Å². The lowest BCUT2D eigenvalue weighted by Crippen LogP contribution is -2.28. The van der Waals surface area contributed by atoms with E-state index in [2.05, 4.69) is 0 Å². The van der Waals surface area contributed by atoms with E-state index in [0.717, 1.165) is 19.3 Å². The highest BCUT2D eigenvalue weighted by atomic mass is 32.2. The quantitative estimate of drug-likeness (QED) is 0.851. The number of aryl methyl sites for hydroxylation is 1. The second-order valence-corrected chi connectivity index (χ2v) is 6.80. The molecule has 4 nitrogen and oxygen atoms in total. The summed E-state index contributed by atoms with van der Waals surface area (Å²) in [5.74, 6) is 0.0672. The maximum Gasteiger partial charge on any atom is 0.181 e. The molecule has 0 bridgehead atoms. The molecule has 1 aliphatic heterocycles. The Balaban J connectivity index is 2.19. The van der Waals surface area contributed by atoms with Gasteiger partial charge in [0.1, 0.15) is 0 Å². The van der Waals surface area contributed by atoms with Crippen LogP contribution in [-0.4, -0.2) is 26.9 Å². The van der Waals surface area contributed by atoms with Crippen LogP contribution in [0.2, 0.25) is 0 Å². The predicted molar refractivity (Wildman–Crippen MR) is 71.2 cm³/mol. The van der Waals surface area contributed by atoms with Gasteiger partial charge in [-0.3, -0.25) is 0 Å². The number of ether oxygens (including phenoxy) is 1. The molecule has 100 valence electrons. The zero-order valence-corrected chi connectivity index (χ0v) is 11.4. The highest BCUT2D eigenvalue weighted by Gasteiger charge is 2.24. The molecule has 1 aromatic carbocycles. The number of nitrogens with two attached hydrogens (primary N) is 1. The van der Waals surface area contributed by atoms with Crippen LogP contribution in [0.3, 0.4) is 0 Å². The van der Waals surface area contributed by atoms with Crippen molar-refractivity contribution < 1.29 is 13.2 Å². The summed E-state index contributed by atoms with van der Waals surface area (Å²) in [5, 5.41) is 0. The van der Waals surface area contributed by atoms with Crippen molar-refractivity contribution in [2.45, 2.75) is 37.2 Å². The van der Waals surface area contributed by atoms with E-state index in [-0.39, 0.29) is 11.9 Å². The van der Waals surface area contributed by atoms with Crippen molar-refractivity contribution in [2.75, 3.05) is 18.1 Å². The van der Waals surface area contributed by atoms with Gasteiger partial charge in [-0.1, -0.05) is 0 Å². The molecule has 1 aliphatic rings. The van der Waals surface area contributed by atoms with Gasteiger partial charge in [-0.15, -0.1) is 0 Å². The minimum atomic E-state index is -3.29. The van der Waals surface area contributed by atoms with E-state index in [0.29, 0.717) is 22.8 Å². The van der Waals surface area contributed by atoms with Gasteiger partial charge in [0.2, 0.25) is 0 Å². The molecule has 0 aromatic heterocycles. The van der Waals surface area contributed by atoms with Crippen LogP contribution < -0.4 is 5.73 Å². The fourth-order valence-electron chi connectivity index (χ4n) is 2.29. The Morgan fingerprint density at radius 3 is 2.78 bits per heavy atom. The van der Waals surface area contributed by atoms with Crippen LogP contribution in [0.4, 0.5) is 5.69 Å². The summed E-state index contributed by atoms with van der Waals surface area (Å²) in [4.78, 5) is 0.367. The van der Waals surface area contributed by atoms with Crippen molar-refractivity contribution >= 4 is 15.5 Å². The van der Waals surface area contributed by atoms with Crippen molar-refractivity contribution in [3.8, 4) is 0 Å². The summed E-state index contributed by atoms with van der Waals surface area (Å²) in [6.45, 7) is 2.44. The number of nitrogen functional groups attached to an aromatic ring is 1. The molecule has 0 aliphatic carbocycles. The monoisotopic (exact) mass is 269 g/mol. The number of benzene rings is 1. The van der Waals surface area contributed by atoms with E-state index >= 15 is 0 Å². The van der Waals surface area contributed by atoms with E-state index in [1.165, 1.54) is 0 Å². The van der Waals surface area contributed by atoms with E-state index in [4.69, 9.17) is 10.5 Å². The van der Waals surface area contributed by atoms with Gasteiger partial charge < -0.3 is 10.5 Å². The van der Waals surface area contributed by atoms with Crippen LogP contribution in [0.5, 0.6) is 0 Å². The predicted octanol–water partition coefficient (Wildman–Crippen LogP) is 1.92. The van der Waals surface area contributed by atoms with Crippen molar-refractivity contribution in [3.05, 3.63) is 23.8 Å². The molecule has 1 fully saturated rings. The van der Waals surface area contributed by atoms with Gasteiger partial charge in [-0.05, 0) is 49.9 Å². The Labute approximate surface area is 108 Å². The van der Waals surface area contributed by atoms with Crippen LogP contribution in [0, 0.1) is 6.92 Å². The first kappa shape index (κ1) is 13.4. The smallest absolute Gasteiger partial charge is 0.181 e. The Hall–Kier alpha value is -1.07. The number of hydrogen-bond donors (Lipinski definition) is 1. The molecule has 1 saturated heterocycles. The standard InChI is InChI=1S/C13H19NO3S/c1-10-8-11(14)5-6-13(10)18(15,16)9-12-4-2-3-7-17-12/h5-6,8,12H,2-4,7,9,14H2,1H3. The normalized spacial score (nSPS) is 20.8. The topological polar surface area (TPSA) is 69.4 Å². The third kappa shape index (κ3) is 3.03. The Bertz CT molecular complexity index is 519. The third-order valence-corrected chi connectivity index (χ3v) is 5.15. The molecule has 1 heterocycles. The molecule has 2 rings (SSSR count). The van der Waals surface area contributed by atoms with Gasteiger partial charge in [0.15, 0.2) is 9.84 Å². The minimum absolute atomic E-state index is 0.0672. The largest absolute Gasteiger partial charge is 0.399 e. The number of sulfone groups is 1. The molecule has 1 atom stereocenters. The average molecular weight is 269 g/mol. The van der Waals surface area contributed by atoms with E-state index in [9.17, 15) is 8.42 Å². The van der Waals surface area contributed by atoms with Gasteiger partial charge in [0, 0.05) is 12.3 Å². The first-order chi connectivity index (χ1) is 8.49. The summed E-state index contributed by atoms with van der Waals surface area (Å²) in [6.07, 6.45) is 2.73. The van der Waals surface area contributed by atoms with Gasteiger partial charge in [0.25, 0.3) is 0 Å². The molecule has 0 saturated carbocycles. The van der Waals surface area contributed by atoms with Crippen LogP contribution in [-0.2, 0) is 14.6 Å². The van der Waals surface area contributed by atoms with E-state index < -0.39 is 9.84 Å². The van der Waals surface area contributed by atoms with Crippen molar-refractivity contribution in [1.82, 2.24) is 0 Å². The van der Waals surface area contributed by atoms with E-state index in [1.54, 1.807) is 25.1 Å². The number of rotatable bonds is 3. The molecule has 0 amide bonds. The molecule has 0 radical (unpaired) electrons. The lowest BCUT2D eigenvalue weighted by molar-refractivity contribution is 0.0305. The van der Waals surface area contributed by atoms with Crippen molar-refractivity contribution in [2.24, 2.45) is 0 Å². The van der Waals surface area contributed by atoms with Gasteiger partial charge >= 0.3 is 0 Å². The second kappa shape index (κ2) is 5.28. The number of anilines is 1.